The van der Waals surface area contributed by atoms with Crippen molar-refractivity contribution in [2.24, 2.45) is 0 Å². The third kappa shape index (κ3) is 5.47. The Morgan fingerprint density at radius 3 is 2.62 bits per heavy atom. The number of amides is 2. The van der Waals surface area contributed by atoms with Crippen molar-refractivity contribution >= 4 is 28.8 Å². The lowest BCUT2D eigenvalue weighted by Crippen LogP contribution is -2.27. The molecule has 0 aliphatic heterocycles. The Kier molecular flexibility index (Phi) is 6.96. The average Bonchev–Trinajstić information content (AvgIpc) is 3.09. The fourth-order valence-corrected chi connectivity index (χ4v) is 2.69. The molecule has 2 rings (SSSR count). The molecular weight excluding hydrogens is 324 g/mol. The van der Waals surface area contributed by atoms with Gasteiger partial charge in [0.15, 0.2) is 0 Å². The summed E-state index contributed by atoms with van der Waals surface area (Å²) in [6.45, 7) is 5.09. The molecule has 2 N–H and O–H groups in total. The van der Waals surface area contributed by atoms with E-state index in [0.29, 0.717) is 29.3 Å². The van der Waals surface area contributed by atoms with Gasteiger partial charge in [-0.25, -0.2) is 0 Å². The highest BCUT2D eigenvalue weighted by Crippen LogP contribution is 2.17. The number of nitrogens with one attached hydrogen (secondary N) is 2. The van der Waals surface area contributed by atoms with Crippen molar-refractivity contribution in [2.45, 2.75) is 26.4 Å². The first-order valence-electron chi connectivity index (χ1n) is 7.91. The maximum atomic E-state index is 12.3. The van der Waals surface area contributed by atoms with Gasteiger partial charge in [0, 0.05) is 13.2 Å². The van der Waals surface area contributed by atoms with Crippen LogP contribution in [-0.4, -0.2) is 31.1 Å². The van der Waals surface area contributed by atoms with Crippen molar-refractivity contribution in [3.63, 3.8) is 0 Å². The topological polar surface area (TPSA) is 67.4 Å². The van der Waals surface area contributed by atoms with E-state index in [9.17, 15) is 9.59 Å². The summed E-state index contributed by atoms with van der Waals surface area (Å²) >= 11 is 1.36. The van der Waals surface area contributed by atoms with Gasteiger partial charge in [-0.1, -0.05) is 18.2 Å². The number of hydrogen-bond donors (Lipinski definition) is 2. The van der Waals surface area contributed by atoms with Crippen LogP contribution in [0, 0.1) is 0 Å². The molecule has 0 bridgehead atoms. The molecule has 24 heavy (non-hydrogen) atoms. The van der Waals surface area contributed by atoms with Gasteiger partial charge >= 0.3 is 0 Å². The molecule has 0 saturated heterocycles. The predicted molar refractivity (Wildman–Crippen MR) is 96.8 cm³/mol. The van der Waals surface area contributed by atoms with E-state index in [1.165, 1.54) is 11.3 Å². The van der Waals surface area contributed by atoms with Gasteiger partial charge < -0.3 is 15.4 Å². The second-order valence-corrected chi connectivity index (χ2v) is 6.45. The molecule has 0 aliphatic carbocycles. The summed E-state index contributed by atoms with van der Waals surface area (Å²) < 4.78 is 5.44. The standard InChI is InChI=1S/C18H22N2O3S/c1-13(2)23-11-6-10-19-17(21)14-7-3-4-8-15(14)20-18(22)16-9-5-12-24-16/h3-5,7-9,12-13H,6,10-11H2,1-2H3,(H,19,21)(H,20,22). The zero-order valence-corrected chi connectivity index (χ0v) is 14.7. The maximum absolute atomic E-state index is 12.3. The first kappa shape index (κ1) is 18.2. The molecule has 1 aromatic heterocycles. The Labute approximate surface area is 146 Å². The third-order valence-electron chi connectivity index (χ3n) is 3.22. The summed E-state index contributed by atoms with van der Waals surface area (Å²) in [7, 11) is 0. The highest BCUT2D eigenvalue weighted by atomic mass is 32.1. The van der Waals surface area contributed by atoms with E-state index < -0.39 is 0 Å². The molecule has 2 aromatic rings. The van der Waals surface area contributed by atoms with Crippen LogP contribution >= 0.6 is 11.3 Å². The Hall–Kier alpha value is -2.18. The van der Waals surface area contributed by atoms with Gasteiger partial charge in [0.1, 0.15) is 0 Å². The first-order chi connectivity index (χ1) is 11.6. The molecule has 0 saturated carbocycles. The van der Waals surface area contributed by atoms with Crippen molar-refractivity contribution in [1.82, 2.24) is 5.32 Å². The van der Waals surface area contributed by atoms with Gasteiger partial charge in [-0.05, 0) is 43.8 Å². The number of hydrogen-bond acceptors (Lipinski definition) is 4. The lowest BCUT2D eigenvalue weighted by atomic mass is 10.1. The fraction of sp³-hybridized carbons (Fsp3) is 0.333. The van der Waals surface area contributed by atoms with Gasteiger partial charge in [0.25, 0.3) is 11.8 Å². The van der Waals surface area contributed by atoms with Crippen LogP contribution in [0.1, 0.15) is 40.3 Å². The molecule has 0 unspecified atom stereocenters. The van der Waals surface area contributed by atoms with Crippen LogP contribution in [0.25, 0.3) is 0 Å². The molecule has 0 aliphatic rings. The number of rotatable bonds is 8. The van der Waals surface area contributed by atoms with Crippen LogP contribution in [0.5, 0.6) is 0 Å². The van der Waals surface area contributed by atoms with Gasteiger partial charge in [-0.15, -0.1) is 11.3 Å². The second kappa shape index (κ2) is 9.20. The van der Waals surface area contributed by atoms with Crippen LogP contribution in [0.4, 0.5) is 5.69 Å². The van der Waals surface area contributed by atoms with Crippen LogP contribution < -0.4 is 10.6 Å². The Morgan fingerprint density at radius 2 is 1.92 bits per heavy atom. The highest BCUT2D eigenvalue weighted by molar-refractivity contribution is 7.12. The van der Waals surface area contributed by atoms with Gasteiger partial charge in [-0.2, -0.15) is 0 Å². The number of thiophene rings is 1. The Morgan fingerprint density at radius 1 is 1.12 bits per heavy atom. The molecule has 0 radical (unpaired) electrons. The third-order valence-corrected chi connectivity index (χ3v) is 4.09. The van der Waals surface area contributed by atoms with Crippen molar-refractivity contribution in [3.8, 4) is 0 Å². The molecule has 2 amide bonds. The van der Waals surface area contributed by atoms with E-state index in [-0.39, 0.29) is 17.9 Å². The second-order valence-electron chi connectivity index (χ2n) is 5.51. The maximum Gasteiger partial charge on any atom is 0.265 e. The number of carbonyl (C=O) groups is 2. The minimum atomic E-state index is -0.212. The van der Waals surface area contributed by atoms with Crippen molar-refractivity contribution < 1.29 is 14.3 Å². The molecule has 0 spiro atoms. The SMILES string of the molecule is CC(C)OCCCNC(=O)c1ccccc1NC(=O)c1cccs1. The minimum absolute atomic E-state index is 0.189. The summed E-state index contributed by atoms with van der Waals surface area (Å²) in [6, 6.07) is 10.6. The largest absolute Gasteiger partial charge is 0.379 e. The van der Waals surface area contributed by atoms with Gasteiger partial charge in [0.05, 0.1) is 22.2 Å². The summed E-state index contributed by atoms with van der Waals surface area (Å²) in [5.74, 6) is -0.419. The summed E-state index contributed by atoms with van der Waals surface area (Å²) in [4.78, 5) is 25.1. The van der Waals surface area contributed by atoms with Crippen molar-refractivity contribution in [2.75, 3.05) is 18.5 Å². The summed E-state index contributed by atoms with van der Waals surface area (Å²) in [5, 5.41) is 7.49. The van der Waals surface area contributed by atoms with E-state index in [1.807, 2.05) is 25.3 Å². The zero-order chi connectivity index (χ0) is 17.4. The number of anilines is 1. The van der Waals surface area contributed by atoms with Gasteiger partial charge in [0.2, 0.25) is 0 Å². The summed E-state index contributed by atoms with van der Waals surface area (Å²) in [6.07, 6.45) is 0.932. The molecule has 128 valence electrons. The van der Waals surface area contributed by atoms with Gasteiger partial charge in [-0.3, -0.25) is 9.59 Å². The van der Waals surface area contributed by atoms with Crippen LogP contribution in [-0.2, 0) is 4.74 Å². The highest BCUT2D eigenvalue weighted by Gasteiger charge is 2.14. The van der Waals surface area contributed by atoms with Crippen LogP contribution in [0.2, 0.25) is 0 Å². The number of benzene rings is 1. The molecule has 1 heterocycles. The Balaban J connectivity index is 1.92. The smallest absolute Gasteiger partial charge is 0.265 e. The average molecular weight is 346 g/mol. The molecule has 0 atom stereocenters. The zero-order valence-electron chi connectivity index (χ0n) is 13.9. The molecule has 5 nitrogen and oxygen atoms in total. The lowest BCUT2D eigenvalue weighted by Gasteiger charge is -2.11. The summed E-state index contributed by atoms with van der Waals surface area (Å²) in [5.41, 5.74) is 0.957. The van der Waals surface area contributed by atoms with E-state index in [1.54, 1.807) is 30.3 Å². The number of ether oxygens (including phenoxy) is 1. The molecule has 0 fully saturated rings. The Bertz CT molecular complexity index is 669. The van der Waals surface area contributed by atoms with E-state index >= 15 is 0 Å². The number of para-hydroxylation sites is 1. The molecule has 6 heteroatoms. The van der Waals surface area contributed by atoms with Crippen LogP contribution in [0.15, 0.2) is 41.8 Å². The molecular formula is C18H22N2O3S. The van der Waals surface area contributed by atoms with Crippen molar-refractivity contribution in [1.29, 1.82) is 0 Å². The van der Waals surface area contributed by atoms with E-state index in [4.69, 9.17) is 4.74 Å². The fourth-order valence-electron chi connectivity index (χ4n) is 2.07. The van der Waals surface area contributed by atoms with Crippen molar-refractivity contribution in [3.05, 3.63) is 52.2 Å². The number of carbonyl (C=O) groups excluding carboxylic acids is 2. The lowest BCUT2D eigenvalue weighted by molar-refractivity contribution is 0.0757. The predicted octanol–water partition coefficient (Wildman–Crippen LogP) is 3.55. The normalized spacial score (nSPS) is 10.6. The van der Waals surface area contributed by atoms with Crippen LogP contribution in [0.3, 0.4) is 0 Å². The van der Waals surface area contributed by atoms with E-state index in [2.05, 4.69) is 10.6 Å². The minimum Gasteiger partial charge on any atom is -0.379 e. The first-order valence-corrected chi connectivity index (χ1v) is 8.79. The van der Waals surface area contributed by atoms with E-state index in [0.717, 1.165) is 6.42 Å². The monoisotopic (exact) mass is 346 g/mol. The molecule has 1 aromatic carbocycles. The quantitative estimate of drug-likeness (QED) is 0.718.